The molecule has 0 bridgehead atoms. The lowest BCUT2D eigenvalue weighted by molar-refractivity contribution is 0.0481. The van der Waals surface area contributed by atoms with Crippen molar-refractivity contribution in [3.8, 4) is 0 Å². The fourth-order valence-corrected chi connectivity index (χ4v) is 2.79. The van der Waals surface area contributed by atoms with Crippen LogP contribution in [0.5, 0.6) is 0 Å². The minimum Gasteiger partial charge on any atom is -0.390 e. The molecular formula is C13H19BrN2O. The van der Waals surface area contributed by atoms with Crippen LogP contribution in [0.4, 0.5) is 5.82 Å². The molecule has 1 aromatic heterocycles. The van der Waals surface area contributed by atoms with Crippen LogP contribution in [-0.2, 0) is 0 Å². The van der Waals surface area contributed by atoms with Gasteiger partial charge in [-0.1, -0.05) is 0 Å². The first-order chi connectivity index (χ1) is 7.98. The number of hydrogen-bond acceptors (Lipinski definition) is 3. The predicted molar refractivity (Wildman–Crippen MR) is 73.4 cm³/mol. The molecule has 1 fully saturated rings. The molecule has 17 heavy (non-hydrogen) atoms. The topological polar surface area (TPSA) is 36.4 Å². The first-order valence-electron chi connectivity index (χ1n) is 6.07. The normalized spacial score (nSPS) is 25.8. The first-order valence-corrected chi connectivity index (χ1v) is 6.87. The smallest absolute Gasteiger partial charge is 0.131 e. The molecule has 0 radical (unpaired) electrons. The molecule has 1 aliphatic heterocycles. The summed E-state index contributed by atoms with van der Waals surface area (Å²) in [5.74, 6) is 1.05. The number of aliphatic hydroxyl groups is 1. The number of aryl methyl sites for hydroxylation is 1. The Morgan fingerprint density at radius 3 is 2.88 bits per heavy atom. The lowest BCUT2D eigenvalue weighted by atomic mass is 9.98. The van der Waals surface area contributed by atoms with Crippen molar-refractivity contribution in [2.45, 2.75) is 38.7 Å². The van der Waals surface area contributed by atoms with Gasteiger partial charge >= 0.3 is 0 Å². The summed E-state index contributed by atoms with van der Waals surface area (Å²) in [6, 6.07) is 2.09. The van der Waals surface area contributed by atoms with Gasteiger partial charge in [0.15, 0.2) is 0 Å². The van der Waals surface area contributed by atoms with E-state index in [1.165, 1.54) is 5.56 Å². The molecule has 3 nitrogen and oxygen atoms in total. The standard InChI is InChI=1S/C13H19BrN2O/c1-10-8-11(14)9-15-12(10)16-6-3-4-13(2,17)5-7-16/h8-9,17H,3-7H2,1-2H3. The van der Waals surface area contributed by atoms with Crippen LogP contribution in [0, 0.1) is 6.92 Å². The van der Waals surface area contributed by atoms with Gasteiger partial charge in [-0.05, 0) is 60.7 Å². The third kappa shape index (κ3) is 3.19. The van der Waals surface area contributed by atoms with E-state index in [1.54, 1.807) is 0 Å². The van der Waals surface area contributed by atoms with Gasteiger partial charge in [0.2, 0.25) is 0 Å². The summed E-state index contributed by atoms with van der Waals surface area (Å²) in [7, 11) is 0. The van der Waals surface area contributed by atoms with Crippen molar-refractivity contribution in [2.24, 2.45) is 0 Å². The third-order valence-corrected chi connectivity index (χ3v) is 3.81. The zero-order chi connectivity index (χ0) is 12.5. The van der Waals surface area contributed by atoms with E-state index in [4.69, 9.17) is 0 Å². The Hall–Kier alpha value is -0.610. The van der Waals surface area contributed by atoms with Crippen molar-refractivity contribution in [3.63, 3.8) is 0 Å². The Balaban J connectivity index is 2.17. The first kappa shape index (κ1) is 12.8. The molecule has 4 heteroatoms. The summed E-state index contributed by atoms with van der Waals surface area (Å²) in [6.07, 6.45) is 4.54. The molecule has 1 atom stereocenters. The second-order valence-electron chi connectivity index (χ2n) is 5.13. The highest BCUT2D eigenvalue weighted by Gasteiger charge is 2.25. The summed E-state index contributed by atoms with van der Waals surface area (Å²) in [6.45, 7) is 5.86. The Bertz CT molecular complexity index is 406. The molecule has 0 aliphatic carbocycles. The zero-order valence-electron chi connectivity index (χ0n) is 10.4. The third-order valence-electron chi connectivity index (χ3n) is 3.38. The molecule has 2 heterocycles. The van der Waals surface area contributed by atoms with Crippen molar-refractivity contribution < 1.29 is 5.11 Å². The maximum atomic E-state index is 10.1. The average Bonchev–Trinajstić information content (AvgIpc) is 2.40. The predicted octanol–water partition coefficient (Wildman–Crippen LogP) is 2.89. The van der Waals surface area contributed by atoms with Crippen molar-refractivity contribution in [2.75, 3.05) is 18.0 Å². The van der Waals surface area contributed by atoms with Crippen LogP contribution in [0.1, 0.15) is 31.7 Å². The molecule has 0 saturated carbocycles. The number of aromatic nitrogens is 1. The van der Waals surface area contributed by atoms with Crippen molar-refractivity contribution in [1.82, 2.24) is 4.98 Å². The fourth-order valence-electron chi connectivity index (χ4n) is 2.34. The van der Waals surface area contributed by atoms with Crippen LogP contribution < -0.4 is 4.90 Å². The second kappa shape index (κ2) is 4.94. The van der Waals surface area contributed by atoms with E-state index < -0.39 is 5.60 Å². The maximum Gasteiger partial charge on any atom is 0.131 e. The number of pyridine rings is 1. The monoisotopic (exact) mass is 298 g/mol. The van der Waals surface area contributed by atoms with Crippen molar-refractivity contribution >= 4 is 21.7 Å². The summed E-state index contributed by atoms with van der Waals surface area (Å²) in [5.41, 5.74) is 0.666. The Morgan fingerprint density at radius 1 is 1.41 bits per heavy atom. The molecule has 94 valence electrons. The van der Waals surface area contributed by atoms with Gasteiger partial charge in [0.25, 0.3) is 0 Å². The molecule has 1 saturated heterocycles. The van der Waals surface area contributed by atoms with Crippen molar-refractivity contribution in [3.05, 3.63) is 22.3 Å². The van der Waals surface area contributed by atoms with Gasteiger partial charge in [-0.25, -0.2) is 4.98 Å². The van der Waals surface area contributed by atoms with Gasteiger partial charge in [-0.3, -0.25) is 0 Å². The molecule has 1 aromatic rings. The Morgan fingerprint density at radius 2 is 2.18 bits per heavy atom. The minimum absolute atomic E-state index is 0.516. The highest BCUT2D eigenvalue weighted by molar-refractivity contribution is 9.10. The van der Waals surface area contributed by atoms with Gasteiger partial charge in [0.05, 0.1) is 5.60 Å². The SMILES string of the molecule is Cc1cc(Br)cnc1N1CCCC(C)(O)CC1. The number of anilines is 1. The van der Waals surface area contributed by atoms with Gasteiger partial charge in [-0.15, -0.1) is 0 Å². The average molecular weight is 299 g/mol. The van der Waals surface area contributed by atoms with Gasteiger partial charge < -0.3 is 10.0 Å². The van der Waals surface area contributed by atoms with Crippen LogP contribution >= 0.6 is 15.9 Å². The zero-order valence-corrected chi connectivity index (χ0v) is 12.0. The minimum atomic E-state index is -0.516. The number of nitrogens with zero attached hydrogens (tertiary/aromatic N) is 2. The van der Waals surface area contributed by atoms with E-state index >= 15 is 0 Å². The molecule has 0 spiro atoms. The van der Waals surface area contributed by atoms with Gasteiger partial charge in [0, 0.05) is 23.8 Å². The van der Waals surface area contributed by atoms with Crippen LogP contribution in [0.3, 0.4) is 0 Å². The molecular weight excluding hydrogens is 280 g/mol. The lowest BCUT2D eigenvalue weighted by Crippen LogP contribution is -2.29. The van der Waals surface area contributed by atoms with Crippen molar-refractivity contribution in [1.29, 1.82) is 0 Å². The summed E-state index contributed by atoms with van der Waals surface area (Å²) in [4.78, 5) is 6.77. The van der Waals surface area contributed by atoms with E-state index in [0.29, 0.717) is 0 Å². The number of halogens is 1. The van der Waals surface area contributed by atoms with Crippen LogP contribution in [0.2, 0.25) is 0 Å². The van der Waals surface area contributed by atoms with Crippen LogP contribution in [0.15, 0.2) is 16.7 Å². The Kier molecular flexibility index (Phi) is 3.73. The van der Waals surface area contributed by atoms with Gasteiger partial charge in [0.1, 0.15) is 5.82 Å². The molecule has 1 unspecified atom stereocenters. The highest BCUT2D eigenvalue weighted by atomic mass is 79.9. The number of rotatable bonds is 1. The fraction of sp³-hybridized carbons (Fsp3) is 0.615. The maximum absolute atomic E-state index is 10.1. The molecule has 2 rings (SSSR count). The molecule has 1 N–H and O–H groups in total. The van der Waals surface area contributed by atoms with E-state index in [0.717, 1.165) is 42.6 Å². The largest absolute Gasteiger partial charge is 0.390 e. The molecule has 1 aliphatic rings. The van der Waals surface area contributed by atoms with Crippen LogP contribution in [-0.4, -0.2) is 28.8 Å². The molecule has 0 amide bonds. The van der Waals surface area contributed by atoms with E-state index in [2.05, 4.69) is 38.8 Å². The Labute approximate surface area is 111 Å². The summed E-state index contributed by atoms with van der Waals surface area (Å²) < 4.78 is 1.01. The number of hydrogen-bond donors (Lipinski definition) is 1. The van der Waals surface area contributed by atoms with E-state index in [1.807, 2.05) is 13.1 Å². The van der Waals surface area contributed by atoms with E-state index in [-0.39, 0.29) is 0 Å². The molecule has 0 aromatic carbocycles. The quantitative estimate of drug-likeness (QED) is 0.866. The van der Waals surface area contributed by atoms with Gasteiger partial charge in [-0.2, -0.15) is 0 Å². The highest BCUT2D eigenvalue weighted by Crippen LogP contribution is 2.27. The lowest BCUT2D eigenvalue weighted by Gasteiger charge is -2.24. The summed E-state index contributed by atoms with van der Waals surface area (Å²) in [5, 5.41) is 10.1. The van der Waals surface area contributed by atoms with Crippen LogP contribution in [0.25, 0.3) is 0 Å². The van der Waals surface area contributed by atoms with E-state index in [9.17, 15) is 5.11 Å². The second-order valence-corrected chi connectivity index (χ2v) is 6.05. The summed E-state index contributed by atoms with van der Waals surface area (Å²) >= 11 is 3.43.